The van der Waals surface area contributed by atoms with Gasteiger partial charge in [-0.05, 0) is 50.3 Å². The van der Waals surface area contributed by atoms with E-state index in [2.05, 4.69) is 43.8 Å². The highest BCUT2D eigenvalue weighted by molar-refractivity contribution is 5.23. The number of benzene rings is 1. The molecule has 0 spiro atoms. The van der Waals surface area contributed by atoms with E-state index < -0.39 is 0 Å². The Bertz CT molecular complexity index is 383. The van der Waals surface area contributed by atoms with Crippen LogP contribution in [0.15, 0.2) is 24.3 Å². The van der Waals surface area contributed by atoms with E-state index in [4.69, 9.17) is 11.5 Å². The van der Waals surface area contributed by atoms with Gasteiger partial charge in [0.05, 0.1) is 0 Å². The number of hydrogen-bond donors (Lipinski definition) is 3. The molecule has 0 saturated carbocycles. The Kier molecular flexibility index (Phi) is 19.8. The quantitative estimate of drug-likeness (QED) is 0.446. The molecular formula is C23H47N3. The molecule has 3 nitrogen and oxygen atoms in total. The third-order valence-corrected chi connectivity index (χ3v) is 4.86. The molecule has 3 heteroatoms. The summed E-state index contributed by atoms with van der Waals surface area (Å²) in [4.78, 5) is 0. The second-order valence-corrected chi connectivity index (χ2v) is 6.75. The van der Waals surface area contributed by atoms with Crippen LogP contribution in [0.3, 0.4) is 0 Å². The zero-order valence-electron chi connectivity index (χ0n) is 18.3. The van der Waals surface area contributed by atoms with Crippen molar-refractivity contribution in [1.82, 2.24) is 0 Å². The topological polar surface area (TPSA) is 78.1 Å². The second-order valence-electron chi connectivity index (χ2n) is 6.75. The van der Waals surface area contributed by atoms with Gasteiger partial charge in [0.2, 0.25) is 0 Å². The first kappa shape index (κ1) is 27.3. The molecule has 1 unspecified atom stereocenters. The van der Waals surface area contributed by atoms with Gasteiger partial charge >= 0.3 is 0 Å². The van der Waals surface area contributed by atoms with Crippen molar-refractivity contribution in [2.75, 3.05) is 13.6 Å². The van der Waals surface area contributed by atoms with Crippen LogP contribution in [0.25, 0.3) is 0 Å². The van der Waals surface area contributed by atoms with Gasteiger partial charge in [-0.15, -0.1) is 0 Å². The van der Waals surface area contributed by atoms with Crippen LogP contribution in [-0.2, 0) is 12.8 Å². The number of aryl methyl sites for hydroxylation is 2. The lowest BCUT2D eigenvalue weighted by Gasteiger charge is -2.26. The molecule has 0 radical (unpaired) electrons. The van der Waals surface area contributed by atoms with E-state index in [1.54, 1.807) is 0 Å². The van der Waals surface area contributed by atoms with Crippen molar-refractivity contribution in [3.63, 3.8) is 0 Å². The normalized spacial score (nSPS) is 12.3. The van der Waals surface area contributed by atoms with Crippen molar-refractivity contribution < 1.29 is 0 Å². The first-order valence-electron chi connectivity index (χ1n) is 10.8. The zero-order chi connectivity index (χ0) is 20.3. The molecule has 0 aliphatic heterocycles. The first-order chi connectivity index (χ1) is 12.6. The molecule has 0 bridgehead atoms. The Hall–Kier alpha value is -0.900. The Morgan fingerprint density at radius 1 is 0.769 bits per heavy atom. The SMILES string of the molecule is CC.CCCCCCCCc1ccc(CCC(N)(CC)CN)cc1.CN. The molecule has 0 aliphatic rings. The molecule has 0 aromatic heterocycles. The molecule has 0 amide bonds. The first-order valence-corrected chi connectivity index (χ1v) is 10.8. The summed E-state index contributed by atoms with van der Waals surface area (Å²) in [5.74, 6) is 0. The van der Waals surface area contributed by atoms with E-state index in [9.17, 15) is 0 Å². The van der Waals surface area contributed by atoms with Gasteiger partial charge < -0.3 is 17.2 Å². The van der Waals surface area contributed by atoms with E-state index in [1.807, 2.05) is 13.8 Å². The molecule has 26 heavy (non-hydrogen) atoms. The molecule has 1 atom stereocenters. The van der Waals surface area contributed by atoms with Crippen LogP contribution >= 0.6 is 0 Å². The summed E-state index contributed by atoms with van der Waals surface area (Å²) in [5.41, 5.74) is 19.2. The van der Waals surface area contributed by atoms with Gasteiger partial charge in [0.25, 0.3) is 0 Å². The Morgan fingerprint density at radius 2 is 1.23 bits per heavy atom. The summed E-state index contributed by atoms with van der Waals surface area (Å²) in [6, 6.07) is 9.10. The fourth-order valence-corrected chi connectivity index (χ4v) is 2.80. The maximum atomic E-state index is 6.26. The molecule has 6 N–H and O–H groups in total. The lowest BCUT2D eigenvalue weighted by Crippen LogP contribution is -2.46. The molecule has 0 aliphatic carbocycles. The van der Waals surface area contributed by atoms with E-state index >= 15 is 0 Å². The van der Waals surface area contributed by atoms with Gasteiger partial charge in [-0.25, -0.2) is 0 Å². The van der Waals surface area contributed by atoms with Crippen molar-refractivity contribution >= 4 is 0 Å². The van der Waals surface area contributed by atoms with Gasteiger partial charge in [0.15, 0.2) is 0 Å². The van der Waals surface area contributed by atoms with Crippen LogP contribution in [0, 0.1) is 0 Å². The summed E-state index contributed by atoms with van der Waals surface area (Å²) in [6.45, 7) is 8.96. The molecule has 1 aromatic carbocycles. The van der Waals surface area contributed by atoms with Crippen molar-refractivity contribution in [1.29, 1.82) is 0 Å². The fourth-order valence-electron chi connectivity index (χ4n) is 2.80. The highest BCUT2D eigenvalue weighted by Gasteiger charge is 2.19. The van der Waals surface area contributed by atoms with Crippen molar-refractivity contribution in [2.45, 2.75) is 97.4 Å². The standard InChI is InChI=1S/C20H36N2.C2H6.CH5N/c1-3-5-6-7-8-9-10-18-11-13-19(14-12-18)15-16-20(22,4-2)17-21;2*1-2/h11-14H,3-10,15-17,21-22H2,1-2H3;1-2H3;2H2,1H3. The monoisotopic (exact) mass is 365 g/mol. The number of nitrogens with two attached hydrogens (primary N) is 3. The van der Waals surface area contributed by atoms with Gasteiger partial charge in [-0.1, -0.05) is 84.1 Å². The molecular weight excluding hydrogens is 318 g/mol. The van der Waals surface area contributed by atoms with Gasteiger partial charge in [-0.3, -0.25) is 0 Å². The number of unbranched alkanes of at least 4 members (excludes halogenated alkanes) is 5. The Labute approximate surface area is 164 Å². The van der Waals surface area contributed by atoms with Crippen LogP contribution in [0.4, 0.5) is 0 Å². The van der Waals surface area contributed by atoms with Gasteiger partial charge in [0.1, 0.15) is 0 Å². The van der Waals surface area contributed by atoms with E-state index in [1.165, 1.54) is 63.1 Å². The lowest BCUT2D eigenvalue weighted by atomic mass is 9.89. The fraction of sp³-hybridized carbons (Fsp3) is 0.739. The Morgan fingerprint density at radius 3 is 1.69 bits per heavy atom. The largest absolute Gasteiger partial charge is 0.333 e. The third-order valence-electron chi connectivity index (χ3n) is 4.86. The second kappa shape index (κ2) is 18.9. The molecule has 0 saturated heterocycles. The summed E-state index contributed by atoms with van der Waals surface area (Å²) in [5, 5.41) is 0. The minimum Gasteiger partial charge on any atom is -0.333 e. The van der Waals surface area contributed by atoms with E-state index in [0.717, 1.165) is 19.3 Å². The molecule has 1 rings (SSSR count). The summed E-state index contributed by atoms with van der Waals surface area (Å²) >= 11 is 0. The number of hydrogen-bond acceptors (Lipinski definition) is 3. The average Bonchev–Trinajstić information content (AvgIpc) is 2.72. The van der Waals surface area contributed by atoms with E-state index in [-0.39, 0.29) is 5.54 Å². The molecule has 0 heterocycles. The van der Waals surface area contributed by atoms with Crippen LogP contribution < -0.4 is 17.2 Å². The number of rotatable bonds is 12. The Balaban J connectivity index is 0. The summed E-state index contributed by atoms with van der Waals surface area (Å²) < 4.78 is 0. The average molecular weight is 366 g/mol. The highest BCUT2D eigenvalue weighted by atomic mass is 14.8. The van der Waals surface area contributed by atoms with Crippen molar-refractivity contribution in [3.05, 3.63) is 35.4 Å². The van der Waals surface area contributed by atoms with Crippen LogP contribution in [-0.4, -0.2) is 19.1 Å². The summed E-state index contributed by atoms with van der Waals surface area (Å²) in [7, 11) is 1.50. The van der Waals surface area contributed by atoms with Crippen molar-refractivity contribution in [2.24, 2.45) is 17.2 Å². The minimum atomic E-state index is -0.197. The maximum absolute atomic E-state index is 6.26. The zero-order valence-corrected chi connectivity index (χ0v) is 18.3. The minimum absolute atomic E-state index is 0.197. The van der Waals surface area contributed by atoms with Crippen molar-refractivity contribution in [3.8, 4) is 0 Å². The third kappa shape index (κ3) is 13.3. The predicted molar refractivity (Wildman–Crippen MR) is 120 cm³/mol. The molecule has 1 aromatic rings. The molecule has 0 fully saturated rings. The van der Waals surface area contributed by atoms with Gasteiger partial charge in [-0.2, -0.15) is 0 Å². The van der Waals surface area contributed by atoms with Crippen LogP contribution in [0.1, 0.15) is 90.2 Å². The van der Waals surface area contributed by atoms with E-state index in [0.29, 0.717) is 6.54 Å². The van der Waals surface area contributed by atoms with Crippen LogP contribution in [0.5, 0.6) is 0 Å². The molecule has 154 valence electrons. The summed E-state index contributed by atoms with van der Waals surface area (Å²) in [6.07, 6.45) is 12.3. The van der Waals surface area contributed by atoms with Gasteiger partial charge in [0, 0.05) is 12.1 Å². The predicted octanol–water partition coefficient (Wildman–Crippen LogP) is 5.19. The lowest BCUT2D eigenvalue weighted by molar-refractivity contribution is 0.390. The smallest absolute Gasteiger partial charge is 0.0279 e. The highest BCUT2D eigenvalue weighted by Crippen LogP contribution is 2.16. The van der Waals surface area contributed by atoms with Crippen LogP contribution in [0.2, 0.25) is 0 Å². The maximum Gasteiger partial charge on any atom is 0.0279 e.